The molecule has 190 valence electrons. The van der Waals surface area contributed by atoms with E-state index in [1.807, 2.05) is 24.3 Å². The third kappa shape index (κ3) is 5.04. The van der Waals surface area contributed by atoms with E-state index in [1.54, 1.807) is 29.2 Å². The highest BCUT2D eigenvalue weighted by Crippen LogP contribution is 2.45. The van der Waals surface area contributed by atoms with Crippen molar-refractivity contribution in [2.24, 2.45) is 0 Å². The third-order valence-corrected chi connectivity index (χ3v) is 6.79. The van der Waals surface area contributed by atoms with Gasteiger partial charge in [-0.1, -0.05) is 55.6 Å². The summed E-state index contributed by atoms with van der Waals surface area (Å²) in [4.78, 5) is 15.3. The molecule has 1 amide bonds. The number of carbonyl (C=O) groups excluding carboxylic acids is 1. The van der Waals surface area contributed by atoms with Crippen LogP contribution in [0, 0.1) is 5.82 Å². The fourth-order valence-electron chi connectivity index (χ4n) is 4.68. The van der Waals surface area contributed by atoms with E-state index in [-0.39, 0.29) is 24.0 Å². The number of nitrogens with zero attached hydrogens (tertiary/aromatic N) is 2. The van der Waals surface area contributed by atoms with E-state index < -0.39 is 6.04 Å². The number of aromatic nitrogens is 2. The number of nitrogens with one attached hydrogen (secondary N) is 1. The summed E-state index contributed by atoms with van der Waals surface area (Å²) in [6.07, 6.45) is 3.23. The van der Waals surface area contributed by atoms with E-state index in [2.05, 4.69) is 17.1 Å². The Morgan fingerprint density at radius 3 is 2.57 bits per heavy atom. The van der Waals surface area contributed by atoms with Gasteiger partial charge in [-0.25, -0.2) is 4.39 Å². The number of phenols is 1. The Morgan fingerprint density at radius 2 is 1.84 bits per heavy atom. The minimum absolute atomic E-state index is 0.0118. The average Bonchev–Trinajstić information content (AvgIpc) is 3.44. The zero-order chi connectivity index (χ0) is 25.9. The Hall–Kier alpha value is -3.84. The van der Waals surface area contributed by atoms with Crippen molar-refractivity contribution in [3.63, 3.8) is 0 Å². The number of H-pyrrole nitrogens is 1. The molecule has 0 saturated heterocycles. The van der Waals surface area contributed by atoms with Crippen molar-refractivity contribution in [2.45, 2.75) is 38.8 Å². The normalized spacial score (nSPS) is 14.7. The molecule has 0 radical (unpaired) electrons. The van der Waals surface area contributed by atoms with Crippen molar-refractivity contribution in [1.82, 2.24) is 15.1 Å². The standard InChI is InChI=1S/C29H27ClFN3O3/c1-2-3-4-15-37-22-12-7-19(8-13-22)28-25-26(23-16-20(30)9-14-24(23)35)32-33-27(25)29(36)34(28)17-18-5-10-21(31)11-6-18/h5-14,16,28,35H,2-4,15,17H2,1H3,(H,32,33). The summed E-state index contributed by atoms with van der Waals surface area (Å²) in [6.45, 7) is 3.06. The maximum absolute atomic E-state index is 13.6. The predicted octanol–water partition coefficient (Wildman–Crippen LogP) is 6.89. The Balaban J connectivity index is 1.54. The van der Waals surface area contributed by atoms with Gasteiger partial charge in [0.05, 0.1) is 12.6 Å². The summed E-state index contributed by atoms with van der Waals surface area (Å²) in [5.41, 5.74) is 3.54. The van der Waals surface area contributed by atoms with Crippen molar-refractivity contribution in [3.05, 3.63) is 100.0 Å². The molecule has 3 aromatic carbocycles. The third-order valence-electron chi connectivity index (χ3n) is 6.56. The predicted molar refractivity (Wildman–Crippen MR) is 140 cm³/mol. The molecular formula is C29H27ClFN3O3. The van der Waals surface area contributed by atoms with Crippen molar-refractivity contribution in [1.29, 1.82) is 0 Å². The maximum Gasteiger partial charge on any atom is 0.273 e. The van der Waals surface area contributed by atoms with Gasteiger partial charge in [-0.2, -0.15) is 5.10 Å². The first-order valence-corrected chi connectivity index (χ1v) is 12.7. The number of aromatic amines is 1. The number of rotatable bonds is 9. The Morgan fingerprint density at radius 1 is 1.08 bits per heavy atom. The molecule has 4 aromatic rings. The fraction of sp³-hybridized carbons (Fsp3) is 0.241. The van der Waals surface area contributed by atoms with Gasteiger partial charge in [0.2, 0.25) is 0 Å². The Bertz CT molecular complexity index is 1400. The SMILES string of the molecule is CCCCCOc1ccc(C2c3c(-c4cc(Cl)ccc4O)n[nH]c3C(=O)N2Cc2ccc(F)cc2)cc1. The molecule has 8 heteroatoms. The van der Waals surface area contributed by atoms with E-state index in [0.717, 1.165) is 36.1 Å². The van der Waals surface area contributed by atoms with Crippen LogP contribution < -0.4 is 4.74 Å². The molecule has 1 unspecified atom stereocenters. The largest absolute Gasteiger partial charge is 0.507 e. The summed E-state index contributed by atoms with van der Waals surface area (Å²) in [5.74, 6) is 0.201. The number of amides is 1. The van der Waals surface area contributed by atoms with Gasteiger partial charge < -0.3 is 14.7 Å². The number of benzene rings is 3. The van der Waals surface area contributed by atoms with Gasteiger partial charge in [0, 0.05) is 22.7 Å². The zero-order valence-corrected chi connectivity index (χ0v) is 21.1. The molecule has 1 aromatic heterocycles. The van der Waals surface area contributed by atoms with Crippen LogP contribution in [0.25, 0.3) is 11.3 Å². The van der Waals surface area contributed by atoms with Gasteiger partial charge in [-0.3, -0.25) is 9.89 Å². The van der Waals surface area contributed by atoms with Crippen LogP contribution in [0.2, 0.25) is 5.02 Å². The first-order chi connectivity index (χ1) is 18.0. The Labute approximate surface area is 219 Å². The van der Waals surface area contributed by atoms with Crippen LogP contribution in [0.4, 0.5) is 4.39 Å². The molecule has 1 aliphatic rings. The highest BCUT2D eigenvalue weighted by Gasteiger charge is 2.42. The summed E-state index contributed by atoms with van der Waals surface area (Å²) in [5, 5.41) is 18.3. The van der Waals surface area contributed by atoms with Gasteiger partial charge in [0.1, 0.15) is 28.7 Å². The lowest BCUT2D eigenvalue weighted by atomic mass is 9.95. The molecule has 0 bridgehead atoms. The number of unbranched alkanes of at least 4 members (excludes halogenated alkanes) is 2. The number of carbonyl (C=O) groups is 1. The molecule has 0 saturated carbocycles. The molecule has 1 aliphatic heterocycles. The van der Waals surface area contributed by atoms with Crippen molar-refractivity contribution in [3.8, 4) is 22.8 Å². The van der Waals surface area contributed by atoms with Crippen LogP contribution in [0.5, 0.6) is 11.5 Å². The number of aromatic hydroxyl groups is 1. The molecule has 2 N–H and O–H groups in total. The lowest BCUT2D eigenvalue weighted by Crippen LogP contribution is -2.29. The summed E-state index contributed by atoms with van der Waals surface area (Å²) in [7, 11) is 0. The molecule has 0 spiro atoms. The van der Waals surface area contributed by atoms with Gasteiger partial charge in [0.25, 0.3) is 5.91 Å². The van der Waals surface area contributed by atoms with Crippen LogP contribution in [-0.4, -0.2) is 32.7 Å². The molecule has 2 heterocycles. The number of hydrogen-bond acceptors (Lipinski definition) is 4. The molecule has 0 fully saturated rings. The van der Waals surface area contributed by atoms with Gasteiger partial charge >= 0.3 is 0 Å². The van der Waals surface area contributed by atoms with E-state index >= 15 is 0 Å². The van der Waals surface area contributed by atoms with E-state index in [0.29, 0.717) is 34.1 Å². The number of phenolic OH excluding ortho intramolecular Hbond substituents is 1. The molecular weight excluding hydrogens is 493 g/mol. The Kier molecular flexibility index (Phi) is 7.15. The lowest BCUT2D eigenvalue weighted by molar-refractivity contribution is 0.0730. The van der Waals surface area contributed by atoms with Crippen molar-refractivity contribution < 1.29 is 19.0 Å². The second kappa shape index (κ2) is 10.6. The van der Waals surface area contributed by atoms with Crippen LogP contribution in [0.3, 0.4) is 0 Å². The van der Waals surface area contributed by atoms with Crippen LogP contribution >= 0.6 is 11.6 Å². The molecule has 1 atom stereocenters. The van der Waals surface area contributed by atoms with E-state index in [1.165, 1.54) is 18.2 Å². The highest BCUT2D eigenvalue weighted by atomic mass is 35.5. The number of hydrogen-bond donors (Lipinski definition) is 2. The van der Waals surface area contributed by atoms with Crippen LogP contribution in [0.15, 0.2) is 66.7 Å². The quantitative estimate of drug-likeness (QED) is 0.236. The van der Waals surface area contributed by atoms with Gasteiger partial charge in [-0.15, -0.1) is 0 Å². The molecule has 37 heavy (non-hydrogen) atoms. The number of halogens is 2. The highest BCUT2D eigenvalue weighted by molar-refractivity contribution is 6.31. The molecule has 0 aliphatic carbocycles. The summed E-state index contributed by atoms with van der Waals surface area (Å²) < 4.78 is 19.4. The average molecular weight is 520 g/mol. The van der Waals surface area contributed by atoms with Crippen LogP contribution in [-0.2, 0) is 6.54 Å². The fourth-order valence-corrected chi connectivity index (χ4v) is 4.86. The summed E-state index contributed by atoms with van der Waals surface area (Å²) in [6, 6.07) is 18.0. The second-order valence-corrected chi connectivity index (χ2v) is 9.55. The maximum atomic E-state index is 13.6. The topological polar surface area (TPSA) is 78.5 Å². The minimum Gasteiger partial charge on any atom is -0.507 e. The zero-order valence-electron chi connectivity index (χ0n) is 20.4. The van der Waals surface area contributed by atoms with Gasteiger partial charge in [0.15, 0.2) is 0 Å². The van der Waals surface area contributed by atoms with Crippen molar-refractivity contribution in [2.75, 3.05) is 6.61 Å². The van der Waals surface area contributed by atoms with E-state index in [4.69, 9.17) is 16.3 Å². The lowest BCUT2D eigenvalue weighted by Gasteiger charge is -2.27. The molecule has 6 nitrogen and oxygen atoms in total. The number of fused-ring (bicyclic) bond motifs is 1. The first-order valence-electron chi connectivity index (χ1n) is 12.3. The monoisotopic (exact) mass is 519 g/mol. The smallest absolute Gasteiger partial charge is 0.273 e. The minimum atomic E-state index is -0.492. The molecule has 5 rings (SSSR count). The van der Waals surface area contributed by atoms with Crippen LogP contribution in [0.1, 0.15) is 59.4 Å². The number of ether oxygens (including phenoxy) is 1. The van der Waals surface area contributed by atoms with E-state index in [9.17, 15) is 14.3 Å². The van der Waals surface area contributed by atoms with Crippen molar-refractivity contribution >= 4 is 17.5 Å². The first kappa shape index (κ1) is 24.8. The summed E-state index contributed by atoms with van der Waals surface area (Å²) >= 11 is 6.22. The van der Waals surface area contributed by atoms with Gasteiger partial charge in [-0.05, 0) is 60.0 Å². The second-order valence-electron chi connectivity index (χ2n) is 9.11.